The van der Waals surface area contributed by atoms with Crippen LogP contribution in [0.1, 0.15) is 29.0 Å². The maximum absolute atomic E-state index is 5.68. The van der Waals surface area contributed by atoms with Crippen molar-refractivity contribution in [2.24, 2.45) is 5.84 Å². The summed E-state index contributed by atoms with van der Waals surface area (Å²) in [4.78, 5) is 1.28. The van der Waals surface area contributed by atoms with Gasteiger partial charge in [-0.15, -0.1) is 11.3 Å². The van der Waals surface area contributed by atoms with E-state index in [1.165, 1.54) is 10.4 Å². The molecule has 0 amide bonds. The van der Waals surface area contributed by atoms with Crippen molar-refractivity contribution >= 4 is 11.3 Å². The molecular weight excluding hydrogens is 244 g/mol. The monoisotopic (exact) mass is 262 g/mol. The number of hydrogen-bond acceptors (Lipinski definition) is 4. The van der Waals surface area contributed by atoms with E-state index in [-0.39, 0.29) is 6.04 Å². The molecule has 0 saturated heterocycles. The molecule has 0 bridgehead atoms. The van der Waals surface area contributed by atoms with Gasteiger partial charge in [-0.1, -0.05) is 12.1 Å². The van der Waals surface area contributed by atoms with Crippen molar-refractivity contribution in [3.8, 4) is 5.75 Å². The maximum atomic E-state index is 5.68. The number of ether oxygens (including phenoxy) is 1. The molecule has 1 atom stereocenters. The van der Waals surface area contributed by atoms with Crippen LogP contribution >= 0.6 is 11.3 Å². The minimum absolute atomic E-state index is 0.00959. The lowest BCUT2D eigenvalue weighted by atomic mass is 10.0. The van der Waals surface area contributed by atoms with Gasteiger partial charge in [0.2, 0.25) is 0 Å². The average molecular weight is 262 g/mol. The van der Waals surface area contributed by atoms with Crippen LogP contribution < -0.4 is 16.0 Å². The van der Waals surface area contributed by atoms with Crippen LogP contribution in [0.15, 0.2) is 35.7 Å². The standard InChI is InChI=1S/C14H18N2OS/c1-3-17-13-6-4-5-11(8-13)14(16-15)12-7-10(2)18-9-12/h4-9,14,16H,3,15H2,1-2H3. The second kappa shape index (κ2) is 6.00. The molecule has 1 heterocycles. The molecule has 3 nitrogen and oxygen atoms in total. The third-order valence-electron chi connectivity index (χ3n) is 2.75. The number of aryl methyl sites for hydroxylation is 1. The second-order valence-electron chi connectivity index (χ2n) is 4.10. The molecule has 18 heavy (non-hydrogen) atoms. The van der Waals surface area contributed by atoms with Gasteiger partial charge in [-0.2, -0.15) is 0 Å². The third kappa shape index (κ3) is 2.90. The summed E-state index contributed by atoms with van der Waals surface area (Å²) in [5.74, 6) is 6.56. The lowest BCUT2D eigenvalue weighted by molar-refractivity contribution is 0.339. The van der Waals surface area contributed by atoms with Crippen molar-refractivity contribution in [3.05, 3.63) is 51.7 Å². The molecule has 2 aromatic rings. The topological polar surface area (TPSA) is 47.3 Å². The van der Waals surface area contributed by atoms with E-state index >= 15 is 0 Å². The zero-order valence-corrected chi connectivity index (χ0v) is 11.5. The summed E-state index contributed by atoms with van der Waals surface area (Å²) in [7, 11) is 0. The molecule has 0 radical (unpaired) electrons. The Hall–Kier alpha value is -1.36. The Morgan fingerprint density at radius 1 is 1.33 bits per heavy atom. The summed E-state index contributed by atoms with van der Waals surface area (Å²) >= 11 is 1.73. The van der Waals surface area contributed by atoms with E-state index in [1.54, 1.807) is 11.3 Å². The molecular formula is C14H18N2OS. The van der Waals surface area contributed by atoms with Gasteiger partial charge in [-0.05, 0) is 48.6 Å². The fourth-order valence-corrected chi connectivity index (χ4v) is 2.68. The summed E-state index contributed by atoms with van der Waals surface area (Å²) in [5.41, 5.74) is 5.17. The van der Waals surface area contributed by atoms with Crippen LogP contribution in [0.2, 0.25) is 0 Å². The molecule has 0 aliphatic rings. The average Bonchev–Trinajstić information content (AvgIpc) is 2.78. The van der Waals surface area contributed by atoms with Gasteiger partial charge in [0, 0.05) is 4.88 Å². The summed E-state index contributed by atoms with van der Waals surface area (Å²) in [6, 6.07) is 10.2. The second-order valence-corrected chi connectivity index (χ2v) is 5.21. The Labute approximate surface area is 112 Å². The molecule has 1 unspecified atom stereocenters. The normalized spacial score (nSPS) is 12.4. The first kappa shape index (κ1) is 13.1. The largest absolute Gasteiger partial charge is 0.494 e. The highest BCUT2D eigenvalue weighted by Gasteiger charge is 2.14. The van der Waals surface area contributed by atoms with Crippen LogP contribution in [0, 0.1) is 6.92 Å². The molecule has 1 aromatic carbocycles. The highest BCUT2D eigenvalue weighted by molar-refractivity contribution is 7.10. The quantitative estimate of drug-likeness (QED) is 0.643. The Morgan fingerprint density at radius 3 is 2.78 bits per heavy atom. The lowest BCUT2D eigenvalue weighted by Gasteiger charge is -2.16. The molecule has 1 aromatic heterocycles. The third-order valence-corrected chi connectivity index (χ3v) is 3.63. The van der Waals surface area contributed by atoms with Crippen molar-refractivity contribution in [2.45, 2.75) is 19.9 Å². The molecule has 0 aliphatic carbocycles. The zero-order valence-electron chi connectivity index (χ0n) is 10.6. The molecule has 4 heteroatoms. The smallest absolute Gasteiger partial charge is 0.119 e. The Morgan fingerprint density at radius 2 is 2.17 bits per heavy atom. The number of rotatable bonds is 5. The van der Waals surface area contributed by atoms with E-state index in [4.69, 9.17) is 10.6 Å². The Bertz CT molecular complexity index is 510. The molecule has 0 aliphatic heterocycles. The fourth-order valence-electron chi connectivity index (χ4n) is 1.95. The van der Waals surface area contributed by atoms with Crippen molar-refractivity contribution < 1.29 is 4.74 Å². The van der Waals surface area contributed by atoms with Gasteiger partial charge in [-0.25, -0.2) is 5.43 Å². The van der Waals surface area contributed by atoms with Gasteiger partial charge < -0.3 is 4.74 Å². The van der Waals surface area contributed by atoms with Crippen molar-refractivity contribution in [2.75, 3.05) is 6.61 Å². The number of nitrogens with one attached hydrogen (secondary N) is 1. The van der Waals surface area contributed by atoms with Crippen molar-refractivity contribution in [1.82, 2.24) is 5.43 Å². The number of nitrogens with two attached hydrogens (primary N) is 1. The van der Waals surface area contributed by atoms with Gasteiger partial charge in [0.1, 0.15) is 5.75 Å². The molecule has 2 rings (SSSR count). The molecule has 3 N–H and O–H groups in total. The number of thiophene rings is 1. The predicted molar refractivity (Wildman–Crippen MR) is 75.8 cm³/mol. The van der Waals surface area contributed by atoms with Gasteiger partial charge in [0.15, 0.2) is 0 Å². The van der Waals surface area contributed by atoms with Gasteiger partial charge >= 0.3 is 0 Å². The van der Waals surface area contributed by atoms with Crippen LogP contribution in [-0.4, -0.2) is 6.61 Å². The maximum Gasteiger partial charge on any atom is 0.119 e. The first-order valence-corrected chi connectivity index (χ1v) is 6.86. The SMILES string of the molecule is CCOc1cccc(C(NN)c2csc(C)c2)c1. The first-order valence-electron chi connectivity index (χ1n) is 5.98. The van der Waals surface area contributed by atoms with Gasteiger partial charge in [0.25, 0.3) is 0 Å². The Balaban J connectivity index is 2.29. The van der Waals surface area contributed by atoms with Crippen LogP contribution in [0.25, 0.3) is 0 Å². The van der Waals surface area contributed by atoms with E-state index in [0.717, 1.165) is 11.3 Å². The fraction of sp³-hybridized carbons (Fsp3) is 0.286. The molecule has 0 spiro atoms. The van der Waals surface area contributed by atoms with Crippen LogP contribution in [0.5, 0.6) is 5.75 Å². The number of benzene rings is 1. The predicted octanol–water partition coefficient (Wildman–Crippen LogP) is 3.01. The highest BCUT2D eigenvalue weighted by Crippen LogP contribution is 2.27. The van der Waals surface area contributed by atoms with Crippen LogP contribution in [-0.2, 0) is 0 Å². The summed E-state index contributed by atoms with van der Waals surface area (Å²) < 4.78 is 5.52. The van der Waals surface area contributed by atoms with E-state index in [1.807, 2.05) is 25.1 Å². The minimum atomic E-state index is 0.00959. The summed E-state index contributed by atoms with van der Waals surface area (Å²) in [6.45, 7) is 4.74. The number of hydrogen-bond donors (Lipinski definition) is 2. The molecule has 0 saturated carbocycles. The highest BCUT2D eigenvalue weighted by atomic mass is 32.1. The van der Waals surface area contributed by atoms with Gasteiger partial charge in [-0.3, -0.25) is 5.84 Å². The van der Waals surface area contributed by atoms with Crippen LogP contribution in [0.4, 0.5) is 0 Å². The van der Waals surface area contributed by atoms with Crippen molar-refractivity contribution in [1.29, 1.82) is 0 Å². The summed E-state index contributed by atoms with van der Waals surface area (Å²) in [5, 5.41) is 2.13. The van der Waals surface area contributed by atoms with E-state index < -0.39 is 0 Å². The van der Waals surface area contributed by atoms with Crippen LogP contribution in [0.3, 0.4) is 0 Å². The Kier molecular flexibility index (Phi) is 4.36. The summed E-state index contributed by atoms with van der Waals surface area (Å²) in [6.07, 6.45) is 0. The van der Waals surface area contributed by atoms with Gasteiger partial charge in [0.05, 0.1) is 12.6 Å². The van der Waals surface area contributed by atoms with Crippen molar-refractivity contribution in [3.63, 3.8) is 0 Å². The zero-order chi connectivity index (χ0) is 13.0. The van der Waals surface area contributed by atoms with E-state index in [9.17, 15) is 0 Å². The molecule has 96 valence electrons. The van der Waals surface area contributed by atoms with E-state index in [2.05, 4.69) is 29.9 Å². The molecule has 0 fully saturated rings. The van der Waals surface area contributed by atoms with E-state index in [0.29, 0.717) is 6.61 Å². The first-order chi connectivity index (χ1) is 8.74. The number of hydrazine groups is 1. The minimum Gasteiger partial charge on any atom is -0.494 e. The lowest BCUT2D eigenvalue weighted by Crippen LogP contribution is -2.28.